The molecule has 0 aromatic carbocycles. The molecular weight excluding hydrogens is 210 g/mol. The number of ether oxygens (including phenoxy) is 1. The van der Waals surface area contributed by atoms with Crippen LogP contribution in [0, 0.1) is 0 Å². The summed E-state index contributed by atoms with van der Waals surface area (Å²) in [5.74, 6) is -0.535. The van der Waals surface area contributed by atoms with Gasteiger partial charge in [-0.1, -0.05) is 6.92 Å². The van der Waals surface area contributed by atoms with Crippen LogP contribution in [-0.4, -0.2) is 24.2 Å². The normalized spacial score (nSPS) is 17.8. The fraction of sp³-hybridized carbons (Fsp3) is 0.400. The Balaban J connectivity index is 2.78. The molecule has 0 saturated heterocycles. The predicted octanol–water partition coefficient (Wildman–Crippen LogP) is -0.384. The van der Waals surface area contributed by atoms with Crippen LogP contribution in [0.3, 0.4) is 0 Å². The van der Waals surface area contributed by atoms with Gasteiger partial charge in [-0.2, -0.15) is 0 Å². The molecule has 2 rings (SSSR count). The van der Waals surface area contributed by atoms with Gasteiger partial charge in [0.05, 0.1) is 7.11 Å². The van der Waals surface area contributed by atoms with E-state index in [0.29, 0.717) is 6.54 Å². The van der Waals surface area contributed by atoms with Crippen LogP contribution in [0.2, 0.25) is 0 Å². The molecule has 6 nitrogen and oxygen atoms in total. The van der Waals surface area contributed by atoms with E-state index in [1.54, 1.807) is 0 Å². The van der Waals surface area contributed by atoms with Gasteiger partial charge in [-0.3, -0.25) is 14.3 Å². The van der Waals surface area contributed by atoms with Crippen molar-refractivity contribution in [3.63, 3.8) is 0 Å². The predicted molar refractivity (Wildman–Crippen MR) is 58.4 cm³/mol. The summed E-state index contributed by atoms with van der Waals surface area (Å²) in [6, 6.07) is 1.47. The number of primary amides is 1. The van der Waals surface area contributed by atoms with Crippen molar-refractivity contribution in [2.45, 2.75) is 12.8 Å². The van der Waals surface area contributed by atoms with E-state index < -0.39 is 5.91 Å². The van der Waals surface area contributed by atoms with Crippen LogP contribution in [0.4, 0.5) is 0 Å². The lowest BCUT2D eigenvalue weighted by atomic mass is 10.1. The number of aromatic nitrogens is 1. The SMILES string of the molecule is COc1c(C(N)=O)n2c(cc1=O)C(C)CN2. The zero-order chi connectivity index (χ0) is 11.9. The first-order valence-corrected chi connectivity index (χ1v) is 4.94. The van der Waals surface area contributed by atoms with E-state index in [1.807, 2.05) is 6.92 Å². The maximum absolute atomic E-state index is 11.7. The molecule has 0 saturated carbocycles. The highest BCUT2D eigenvalue weighted by atomic mass is 16.5. The average molecular weight is 223 g/mol. The highest BCUT2D eigenvalue weighted by molar-refractivity contribution is 5.94. The molecule has 1 unspecified atom stereocenters. The van der Waals surface area contributed by atoms with Crippen LogP contribution in [-0.2, 0) is 0 Å². The zero-order valence-corrected chi connectivity index (χ0v) is 9.11. The Morgan fingerprint density at radius 1 is 1.69 bits per heavy atom. The van der Waals surface area contributed by atoms with Crippen LogP contribution in [0.25, 0.3) is 0 Å². The first-order valence-electron chi connectivity index (χ1n) is 4.94. The van der Waals surface area contributed by atoms with Crippen molar-refractivity contribution in [1.82, 2.24) is 4.68 Å². The molecule has 1 amide bonds. The summed E-state index contributed by atoms with van der Waals surface area (Å²) in [5, 5.41) is 0. The number of hydrogen-bond donors (Lipinski definition) is 2. The second-order valence-electron chi connectivity index (χ2n) is 3.78. The third-order valence-corrected chi connectivity index (χ3v) is 2.70. The van der Waals surface area contributed by atoms with Crippen molar-refractivity contribution in [3.05, 3.63) is 27.7 Å². The number of fused-ring (bicyclic) bond motifs is 1. The Kier molecular flexibility index (Phi) is 2.34. The minimum atomic E-state index is -0.683. The van der Waals surface area contributed by atoms with E-state index in [4.69, 9.17) is 10.5 Å². The Bertz CT molecular complexity index is 507. The summed E-state index contributed by atoms with van der Waals surface area (Å²) >= 11 is 0. The van der Waals surface area contributed by atoms with Crippen molar-refractivity contribution in [2.24, 2.45) is 5.73 Å². The van der Waals surface area contributed by atoms with Gasteiger partial charge in [0, 0.05) is 24.2 Å². The van der Waals surface area contributed by atoms with Gasteiger partial charge in [-0.05, 0) is 0 Å². The molecule has 0 spiro atoms. The van der Waals surface area contributed by atoms with Crippen LogP contribution in [0.15, 0.2) is 10.9 Å². The van der Waals surface area contributed by atoms with Crippen molar-refractivity contribution in [2.75, 3.05) is 19.1 Å². The second kappa shape index (κ2) is 3.55. The molecule has 86 valence electrons. The van der Waals surface area contributed by atoms with Gasteiger partial charge < -0.3 is 15.9 Å². The van der Waals surface area contributed by atoms with Crippen molar-refractivity contribution < 1.29 is 9.53 Å². The van der Waals surface area contributed by atoms with E-state index in [0.717, 1.165) is 5.69 Å². The summed E-state index contributed by atoms with van der Waals surface area (Å²) < 4.78 is 6.46. The van der Waals surface area contributed by atoms with Crippen LogP contribution >= 0.6 is 0 Å². The third kappa shape index (κ3) is 1.34. The standard InChI is InChI=1S/C10H13N3O3/c1-5-4-12-13-6(5)3-7(14)9(16-2)8(13)10(11)15/h3,5,12H,4H2,1-2H3,(H2,11,15). The number of rotatable bonds is 2. The summed E-state index contributed by atoms with van der Waals surface area (Å²) in [4.78, 5) is 23.0. The van der Waals surface area contributed by atoms with Crippen LogP contribution in [0.1, 0.15) is 29.0 Å². The van der Waals surface area contributed by atoms with Gasteiger partial charge >= 0.3 is 0 Å². The first kappa shape index (κ1) is 10.5. The second-order valence-corrected chi connectivity index (χ2v) is 3.78. The molecule has 6 heteroatoms. The molecule has 1 aromatic heterocycles. The highest BCUT2D eigenvalue weighted by Crippen LogP contribution is 2.23. The molecule has 0 fully saturated rings. The lowest BCUT2D eigenvalue weighted by Crippen LogP contribution is -2.27. The number of carbonyl (C=O) groups is 1. The maximum atomic E-state index is 11.7. The van der Waals surface area contributed by atoms with E-state index in [1.165, 1.54) is 17.9 Å². The molecule has 2 heterocycles. The topological polar surface area (TPSA) is 86.3 Å². The molecule has 0 radical (unpaired) electrons. The van der Waals surface area contributed by atoms with Crippen molar-refractivity contribution >= 4 is 5.91 Å². The monoisotopic (exact) mass is 223 g/mol. The minimum absolute atomic E-state index is 0.0159. The molecule has 1 aliphatic rings. The number of pyridine rings is 1. The molecular formula is C10H13N3O3. The average Bonchev–Trinajstić information content (AvgIpc) is 2.58. The number of nitrogens with zero attached hydrogens (tertiary/aromatic N) is 1. The lowest BCUT2D eigenvalue weighted by molar-refractivity contribution is 0.0988. The fourth-order valence-electron chi connectivity index (χ4n) is 1.90. The molecule has 16 heavy (non-hydrogen) atoms. The molecule has 1 aliphatic heterocycles. The maximum Gasteiger partial charge on any atom is 0.271 e. The lowest BCUT2D eigenvalue weighted by Gasteiger charge is -2.13. The molecule has 1 aromatic rings. The van der Waals surface area contributed by atoms with E-state index in [-0.39, 0.29) is 22.8 Å². The Labute approximate surface area is 92.0 Å². The number of hydrogen-bond acceptors (Lipinski definition) is 4. The number of carbonyl (C=O) groups excluding carboxylic acids is 1. The Morgan fingerprint density at radius 3 is 2.94 bits per heavy atom. The zero-order valence-electron chi connectivity index (χ0n) is 9.11. The third-order valence-electron chi connectivity index (χ3n) is 2.70. The van der Waals surface area contributed by atoms with E-state index in [9.17, 15) is 9.59 Å². The van der Waals surface area contributed by atoms with E-state index >= 15 is 0 Å². The summed E-state index contributed by atoms with van der Waals surface area (Å²) in [6.07, 6.45) is 0. The molecule has 0 aliphatic carbocycles. The van der Waals surface area contributed by atoms with Crippen molar-refractivity contribution in [1.29, 1.82) is 0 Å². The Hall–Kier alpha value is -1.98. The quantitative estimate of drug-likeness (QED) is 0.715. The van der Waals surface area contributed by atoms with Crippen molar-refractivity contribution in [3.8, 4) is 5.75 Å². The number of nitrogens with two attached hydrogens (primary N) is 1. The molecule has 1 atom stereocenters. The Morgan fingerprint density at radius 2 is 2.38 bits per heavy atom. The molecule has 0 bridgehead atoms. The van der Waals surface area contributed by atoms with Gasteiger partial charge in [0.1, 0.15) is 0 Å². The number of nitrogens with one attached hydrogen (secondary N) is 1. The van der Waals surface area contributed by atoms with Gasteiger partial charge in [0.25, 0.3) is 5.91 Å². The smallest absolute Gasteiger partial charge is 0.271 e. The fourth-order valence-corrected chi connectivity index (χ4v) is 1.90. The largest absolute Gasteiger partial charge is 0.491 e. The van der Waals surface area contributed by atoms with Crippen LogP contribution < -0.4 is 21.3 Å². The summed E-state index contributed by atoms with van der Waals surface area (Å²) in [7, 11) is 1.34. The van der Waals surface area contributed by atoms with Gasteiger partial charge in [0.15, 0.2) is 11.4 Å². The summed E-state index contributed by atoms with van der Waals surface area (Å²) in [5.41, 5.74) is 8.76. The highest BCUT2D eigenvalue weighted by Gasteiger charge is 2.26. The summed E-state index contributed by atoms with van der Waals surface area (Å²) in [6.45, 7) is 2.62. The first-order chi connectivity index (χ1) is 7.56. The van der Waals surface area contributed by atoms with Gasteiger partial charge in [0.2, 0.25) is 5.43 Å². The van der Waals surface area contributed by atoms with E-state index in [2.05, 4.69) is 5.43 Å². The van der Waals surface area contributed by atoms with Gasteiger partial charge in [-0.15, -0.1) is 0 Å². The number of methoxy groups -OCH3 is 1. The molecule has 3 N–H and O–H groups in total. The number of amides is 1. The van der Waals surface area contributed by atoms with Crippen LogP contribution in [0.5, 0.6) is 5.75 Å². The minimum Gasteiger partial charge on any atom is -0.491 e. The van der Waals surface area contributed by atoms with Gasteiger partial charge in [-0.25, -0.2) is 0 Å².